The molecule has 3 aromatic rings. The Bertz CT molecular complexity index is 1550. The van der Waals surface area contributed by atoms with Gasteiger partial charge in [-0.15, -0.1) is 5.10 Å². The molecule has 6 rings (SSSR count). The largest absolute Gasteiger partial charge is 0.389 e. The topological polar surface area (TPSA) is 180 Å². The van der Waals surface area contributed by atoms with Crippen LogP contribution in [0.2, 0.25) is 5.02 Å². The average molecular weight is 578 g/mol. The van der Waals surface area contributed by atoms with E-state index >= 15 is 0 Å². The lowest BCUT2D eigenvalue weighted by atomic mass is 10.0. The second-order valence-corrected chi connectivity index (χ2v) is 10.6. The number of aliphatic hydroxyl groups is 1. The maximum atomic E-state index is 12.6. The highest BCUT2D eigenvalue weighted by Crippen LogP contribution is 2.37. The van der Waals surface area contributed by atoms with Gasteiger partial charge in [-0.1, -0.05) is 11.6 Å². The molecule has 212 valence electrons. The molecule has 0 spiro atoms. The van der Waals surface area contributed by atoms with Crippen molar-refractivity contribution in [2.45, 2.75) is 37.5 Å². The zero-order valence-electron chi connectivity index (χ0n) is 22.0. The van der Waals surface area contributed by atoms with Crippen LogP contribution in [0.4, 0.5) is 27.9 Å². The number of aromatic nitrogens is 4. The number of imidazole rings is 1. The minimum absolute atomic E-state index is 0.169. The number of amides is 2. The first kappa shape index (κ1) is 26.8. The SMILES string of the molecule is N#Cc1cc(Nc2nc(NC3CC3)c3ncc(C#N)n3n2)c(Cl)c(N2CCC(NC(=O)N3CCOCC3)C(O)C2)c1. The van der Waals surface area contributed by atoms with E-state index in [1.54, 1.807) is 17.0 Å². The Labute approximate surface area is 240 Å². The zero-order chi connectivity index (χ0) is 28.5. The zero-order valence-corrected chi connectivity index (χ0v) is 22.8. The summed E-state index contributed by atoms with van der Waals surface area (Å²) in [5, 5.41) is 44.3. The number of halogens is 1. The van der Waals surface area contributed by atoms with E-state index < -0.39 is 12.1 Å². The Hall–Kier alpha value is -4.37. The minimum Gasteiger partial charge on any atom is -0.389 e. The van der Waals surface area contributed by atoms with E-state index in [0.29, 0.717) is 72.7 Å². The Morgan fingerprint density at radius 1 is 1.15 bits per heavy atom. The van der Waals surface area contributed by atoms with Crippen LogP contribution in [0.25, 0.3) is 5.65 Å². The van der Waals surface area contributed by atoms with Gasteiger partial charge in [-0.2, -0.15) is 20.0 Å². The second kappa shape index (κ2) is 11.2. The van der Waals surface area contributed by atoms with Gasteiger partial charge in [0, 0.05) is 32.2 Å². The third-order valence-electron chi connectivity index (χ3n) is 7.35. The number of anilines is 4. The summed E-state index contributed by atoms with van der Waals surface area (Å²) in [4.78, 5) is 25.1. The van der Waals surface area contributed by atoms with Gasteiger partial charge in [-0.25, -0.2) is 9.78 Å². The van der Waals surface area contributed by atoms with E-state index in [0.717, 1.165) is 12.8 Å². The van der Waals surface area contributed by atoms with Gasteiger partial charge in [0.1, 0.15) is 6.07 Å². The molecule has 4 N–H and O–H groups in total. The number of nitrogens with zero attached hydrogens (tertiary/aromatic N) is 8. The predicted molar refractivity (Wildman–Crippen MR) is 149 cm³/mol. The van der Waals surface area contributed by atoms with Gasteiger partial charge in [0.15, 0.2) is 17.2 Å². The molecule has 2 amide bonds. The third-order valence-corrected chi connectivity index (χ3v) is 7.75. The molecule has 2 aromatic heterocycles. The maximum Gasteiger partial charge on any atom is 0.317 e. The van der Waals surface area contributed by atoms with E-state index in [1.807, 2.05) is 4.90 Å². The van der Waals surface area contributed by atoms with Crippen LogP contribution in [0.3, 0.4) is 0 Å². The number of benzene rings is 1. The van der Waals surface area contributed by atoms with Crippen LogP contribution in [-0.4, -0.2) is 93.2 Å². The van der Waals surface area contributed by atoms with Crippen molar-refractivity contribution in [3.05, 3.63) is 34.6 Å². The summed E-state index contributed by atoms with van der Waals surface area (Å²) >= 11 is 6.85. The smallest absolute Gasteiger partial charge is 0.317 e. The third kappa shape index (κ3) is 5.63. The number of piperidine rings is 1. The molecule has 1 aromatic carbocycles. The molecule has 2 saturated heterocycles. The number of aliphatic hydroxyl groups excluding tert-OH is 1. The van der Waals surface area contributed by atoms with Crippen LogP contribution >= 0.6 is 11.6 Å². The molecule has 3 aliphatic rings. The standard InChI is InChI=1S/C26H28ClN11O3/c27-22-19(32-25-34-23(31-16-1-2-16)24-30-13-17(12-29)38(24)35-25)9-15(11-28)10-20(22)37-4-3-18(21(39)14-37)33-26(40)36-5-7-41-8-6-36/h9-10,13,16,18,21,39H,1-8,14H2,(H,33,40)(H2,31,32,34,35). The number of urea groups is 1. The molecule has 3 fully saturated rings. The highest BCUT2D eigenvalue weighted by Gasteiger charge is 2.32. The first-order valence-corrected chi connectivity index (χ1v) is 13.8. The number of nitriles is 2. The lowest BCUT2D eigenvalue weighted by Gasteiger charge is -2.39. The molecular weight excluding hydrogens is 550 g/mol. The Morgan fingerprint density at radius 2 is 1.95 bits per heavy atom. The average Bonchev–Trinajstić information content (AvgIpc) is 3.71. The van der Waals surface area contributed by atoms with Gasteiger partial charge < -0.3 is 35.6 Å². The van der Waals surface area contributed by atoms with Crippen molar-refractivity contribution in [1.82, 2.24) is 29.8 Å². The van der Waals surface area contributed by atoms with Crippen molar-refractivity contribution >= 4 is 46.4 Å². The van der Waals surface area contributed by atoms with Gasteiger partial charge in [-0.3, -0.25) is 0 Å². The summed E-state index contributed by atoms with van der Waals surface area (Å²) in [5.41, 5.74) is 1.99. The molecule has 4 heterocycles. The van der Waals surface area contributed by atoms with E-state index in [4.69, 9.17) is 16.3 Å². The number of β-amino-alcohol motifs (C(OH)–C–C–N with tert-alkyl or cyclic N) is 1. The van der Waals surface area contributed by atoms with Crippen molar-refractivity contribution in [3.8, 4) is 12.1 Å². The Kier molecular flexibility index (Phi) is 7.36. The van der Waals surface area contributed by atoms with Crippen LogP contribution in [0.5, 0.6) is 0 Å². The van der Waals surface area contributed by atoms with Crippen molar-refractivity contribution in [2.75, 3.05) is 54.9 Å². The number of carbonyl (C=O) groups is 1. The lowest BCUT2D eigenvalue weighted by Crippen LogP contribution is -2.57. The summed E-state index contributed by atoms with van der Waals surface area (Å²) in [6, 6.07) is 7.15. The van der Waals surface area contributed by atoms with E-state index in [2.05, 4.69) is 43.2 Å². The minimum atomic E-state index is -0.848. The normalized spacial score (nSPS) is 20.8. The summed E-state index contributed by atoms with van der Waals surface area (Å²) in [7, 11) is 0. The molecule has 0 bridgehead atoms. The first-order valence-electron chi connectivity index (χ1n) is 13.4. The Balaban J connectivity index is 1.23. The molecule has 2 unspecified atom stereocenters. The molecule has 2 atom stereocenters. The number of carbonyl (C=O) groups excluding carboxylic acids is 1. The number of rotatable bonds is 6. The molecule has 2 aliphatic heterocycles. The summed E-state index contributed by atoms with van der Waals surface area (Å²) in [6.07, 6.45) is 3.11. The molecule has 0 radical (unpaired) electrons. The fourth-order valence-electron chi connectivity index (χ4n) is 4.98. The summed E-state index contributed by atoms with van der Waals surface area (Å²) in [6.45, 7) is 2.73. The number of hydrogen-bond donors (Lipinski definition) is 4. The van der Waals surface area contributed by atoms with Gasteiger partial charge in [0.05, 0.1) is 59.6 Å². The lowest BCUT2D eigenvalue weighted by molar-refractivity contribution is 0.0488. The van der Waals surface area contributed by atoms with Crippen LogP contribution in [0.1, 0.15) is 30.5 Å². The molecule has 14 nitrogen and oxygen atoms in total. The molecule has 41 heavy (non-hydrogen) atoms. The highest BCUT2D eigenvalue weighted by atomic mass is 35.5. The van der Waals surface area contributed by atoms with Crippen molar-refractivity contribution in [3.63, 3.8) is 0 Å². The Morgan fingerprint density at radius 3 is 2.66 bits per heavy atom. The highest BCUT2D eigenvalue weighted by molar-refractivity contribution is 6.36. The van der Waals surface area contributed by atoms with Gasteiger partial charge in [0.25, 0.3) is 0 Å². The van der Waals surface area contributed by atoms with Crippen molar-refractivity contribution < 1.29 is 14.6 Å². The monoisotopic (exact) mass is 577 g/mol. The van der Waals surface area contributed by atoms with E-state index in [-0.39, 0.29) is 30.3 Å². The summed E-state index contributed by atoms with van der Waals surface area (Å²) in [5.74, 6) is 0.659. The van der Waals surface area contributed by atoms with E-state index in [9.17, 15) is 20.4 Å². The van der Waals surface area contributed by atoms with Gasteiger partial charge >= 0.3 is 6.03 Å². The maximum absolute atomic E-state index is 12.6. The number of nitrogens with one attached hydrogen (secondary N) is 3. The number of morpholine rings is 1. The van der Waals surface area contributed by atoms with Crippen LogP contribution in [-0.2, 0) is 4.74 Å². The van der Waals surface area contributed by atoms with Crippen molar-refractivity contribution in [1.29, 1.82) is 10.5 Å². The van der Waals surface area contributed by atoms with Crippen LogP contribution in [0, 0.1) is 22.7 Å². The second-order valence-electron chi connectivity index (χ2n) is 10.2. The molecule has 1 aliphatic carbocycles. The molecular formula is C26H28ClN11O3. The predicted octanol–water partition coefficient (Wildman–Crippen LogP) is 1.82. The molecule has 1 saturated carbocycles. The van der Waals surface area contributed by atoms with E-state index in [1.165, 1.54) is 10.7 Å². The van der Waals surface area contributed by atoms with Crippen LogP contribution < -0.4 is 20.9 Å². The number of fused-ring (bicyclic) bond motifs is 1. The van der Waals surface area contributed by atoms with Crippen LogP contribution in [0.15, 0.2) is 18.3 Å². The first-order chi connectivity index (χ1) is 19.9. The summed E-state index contributed by atoms with van der Waals surface area (Å²) < 4.78 is 6.72. The van der Waals surface area contributed by atoms with Gasteiger partial charge in [0.2, 0.25) is 5.95 Å². The van der Waals surface area contributed by atoms with Gasteiger partial charge in [-0.05, 0) is 31.4 Å². The molecule has 15 heteroatoms. The number of hydrogen-bond acceptors (Lipinski definition) is 11. The quantitative estimate of drug-likeness (QED) is 0.335. The fraction of sp³-hybridized carbons (Fsp3) is 0.462. The fourth-order valence-corrected chi connectivity index (χ4v) is 5.25. The number of ether oxygens (including phenoxy) is 1. The van der Waals surface area contributed by atoms with Crippen molar-refractivity contribution in [2.24, 2.45) is 0 Å².